The first-order chi connectivity index (χ1) is 11.6. The number of hydrogen-bond acceptors (Lipinski definition) is 4. The third kappa shape index (κ3) is 4.17. The minimum atomic E-state index is -0.855. The maximum Gasteiger partial charge on any atom is 0.231 e. The highest BCUT2D eigenvalue weighted by Gasteiger charge is 2.14. The number of benzene rings is 2. The molecular formula is C17H15F2NO3S. The molecule has 0 bridgehead atoms. The average molecular weight is 351 g/mol. The van der Waals surface area contributed by atoms with Crippen molar-refractivity contribution < 1.29 is 23.0 Å². The molecule has 0 aromatic heterocycles. The second kappa shape index (κ2) is 7.53. The van der Waals surface area contributed by atoms with Crippen molar-refractivity contribution in [3.63, 3.8) is 0 Å². The van der Waals surface area contributed by atoms with E-state index in [4.69, 9.17) is 9.47 Å². The fourth-order valence-electron chi connectivity index (χ4n) is 2.18. The van der Waals surface area contributed by atoms with Gasteiger partial charge in [-0.1, -0.05) is 6.07 Å². The minimum absolute atomic E-state index is 0.119. The van der Waals surface area contributed by atoms with Crippen LogP contribution in [0.3, 0.4) is 0 Å². The lowest BCUT2D eigenvalue weighted by Crippen LogP contribution is -2.12. The van der Waals surface area contributed by atoms with E-state index in [2.05, 4.69) is 5.32 Å². The lowest BCUT2D eigenvalue weighted by atomic mass is 10.2. The van der Waals surface area contributed by atoms with E-state index in [9.17, 15) is 13.6 Å². The molecule has 1 N–H and O–H groups in total. The Morgan fingerprint density at radius 1 is 1.08 bits per heavy atom. The SMILES string of the molecule is O=C(CCSCc1ccc(F)c(F)c1)Nc1ccc2c(c1)OCO2. The van der Waals surface area contributed by atoms with Crippen molar-refractivity contribution in [2.45, 2.75) is 12.2 Å². The van der Waals surface area contributed by atoms with Gasteiger partial charge in [0.25, 0.3) is 0 Å². The largest absolute Gasteiger partial charge is 0.454 e. The second-order valence-electron chi connectivity index (χ2n) is 5.17. The standard InChI is InChI=1S/C17H15F2NO3S/c18-13-3-1-11(7-14(13)19)9-24-6-5-17(21)20-12-2-4-15-16(8-12)23-10-22-15/h1-4,7-8H,5-6,9-10H2,(H,20,21). The number of nitrogens with one attached hydrogen (secondary N) is 1. The maximum absolute atomic E-state index is 13.1. The Hall–Kier alpha value is -2.28. The Morgan fingerprint density at radius 2 is 1.92 bits per heavy atom. The second-order valence-corrected chi connectivity index (χ2v) is 6.27. The van der Waals surface area contributed by atoms with Gasteiger partial charge in [0, 0.05) is 29.7 Å². The molecule has 1 heterocycles. The normalized spacial score (nSPS) is 12.2. The van der Waals surface area contributed by atoms with Gasteiger partial charge in [-0.25, -0.2) is 8.78 Å². The summed E-state index contributed by atoms with van der Waals surface area (Å²) in [5.74, 6) is 0.548. The van der Waals surface area contributed by atoms with Gasteiger partial charge in [-0.2, -0.15) is 11.8 Å². The summed E-state index contributed by atoms with van der Waals surface area (Å²) >= 11 is 1.49. The number of hydrogen-bond donors (Lipinski definition) is 1. The number of rotatable bonds is 6. The van der Waals surface area contributed by atoms with Crippen LogP contribution in [0.2, 0.25) is 0 Å². The summed E-state index contributed by atoms with van der Waals surface area (Å²) in [6.45, 7) is 0.188. The predicted molar refractivity (Wildman–Crippen MR) is 88.3 cm³/mol. The van der Waals surface area contributed by atoms with Crippen molar-refractivity contribution in [3.8, 4) is 11.5 Å². The monoisotopic (exact) mass is 351 g/mol. The van der Waals surface area contributed by atoms with E-state index in [1.54, 1.807) is 18.2 Å². The van der Waals surface area contributed by atoms with Gasteiger partial charge in [0.2, 0.25) is 12.7 Å². The highest BCUT2D eigenvalue weighted by Crippen LogP contribution is 2.34. The number of amides is 1. The van der Waals surface area contributed by atoms with Gasteiger partial charge in [-0.3, -0.25) is 4.79 Å². The molecule has 2 aromatic carbocycles. The summed E-state index contributed by atoms with van der Waals surface area (Å²) in [5, 5.41) is 2.79. The van der Waals surface area contributed by atoms with Gasteiger partial charge < -0.3 is 14.8 Å². The summed E-state index contributed by atoms with van der Waals surface area (Å²) < 4.78 is 36.4. The van der Waals surface area contributed by atoms with E-state index in [1.165, 1.54) is 23.9 Å². The van der Waals surface area contributed by atoms with E-state index in [1.807, 2.05) is 0 Å². The first-order valence-electron chi connectivity index (χ1n) is 7.33. The van der Waals surface area contributed by atoms with Crippen molar-refractivity contribution in [2.75, 3.05) is 17.9 Å². The number of anilines is 1. The highest BCUT2D eigenvalue weighted by molar-refractivity contribution is 7.98. The van der Waals surface area contributed by atoms with Crippen LogP contribution in [0.5, 0.6) is 11.5 Å². The molecule has 0 fully saturated rings. The summed E-state index contributed by atoms with van der Waals surface area (Å²) in [4.78, 5) is 11.9. The van der Waals surface area contributed by atoms with Crippen molar-refractivity contribution >= 4 is 23.4 Å². The zero-order valence-electron chi connectivity index (χ0n) is 12.7. The van der Waals surface area contributed by atoms with Crippen molar-refractivity contribution in [2.24, 2.45) is 0 Å². The quantitative estimate of drug-likeness (QED) is 0.801. The molecular weight excluding hydrogens is 336 g/mol. The molecule has 1 aliphatic heterocycles. The predicted octanol–water partition coefficient (Wildman–Crippen LogP) is 3.96. The lowest BCUT2D eigenvalue weighted by Gasteiger charge is -2.06. The molecule has 0 atom stereocenters. The van der Waals surface area contributed by atoms with Crippen molar-refractivity contribution in [1.29, 1.82) is 0 Å². The van der Waals surface area contributed by atoms with E-state index in [0.29, 0.717) is 40.7 Å². The Kier molecular flexibility index (Phi) is 5.20. The summed E-state index contributed by atoms with van der Waals surface area (Å²) in [7, 11) is 0. The van der Waals surface area contributed by atoms with E-state index in [0.717, 1.165) is 6.07 Å². The van der Waals surface area contributed by atoms with Gasteiger partial charge in [-0.15, -0.1) is 0 Å². The van der Waals surface area contributed by atoms with E-state index >= 15 is 0 Å². The van der Waals surface area contributed by atoms with Crippen LogP contribution < -0.4 is 14.8 Å². The van der Waals surface area contributed by atoms with Crippen LogP contribution in [0.15, 0.2) is 36.4 Å². The smallest absolute Gasteiger partial charge is 0.231 e. The molecule has 0 saturated carbocycles. The molecule has 0 aliphatic carbocycles. The fraction of sp³-hybridized carbons (Fsp3) is 0.235. The number of carbonyl (C=O) groups is 1. The van der Waals surface area contributed by atoms with Crippen molar-refractivity contribution in [1.82, 2.24) is 0 Å². The van der Waals surface area contributed by atoms with Crippen LogP contribution in [-0.4, -0.2) is 18.5 Å². The highest BCUT2D eigenvalue weighted by atomic mass is 32.2. The zero-order valence-corrected chi connectivity index (χ0v) is 13.5. The van der Waals surface area contributed by atoms with E-state index < -0.39 is 11.6 Å². The van der Waals surface area contributed by atoms with Gasteiger partial charge >= 0.3 is 0 Å². The van der Waals surface area contributed by atoms with Gasteiger partial charge in [0.05, 0.1) is 0 Å². The first-order valence-corrected chi connectivity index (χ1v) is 8.48. The Morgan fingerprint density at radius 3 is 2.75 bits per heavy atom. The molecule has 1 amide bonds. The Bertz CT molecular complexity index is 755. The molecule has 0 radical (unpaired) electrons. The third-order valence-electron chi connectivity index (χ3n) is 3.38. The van der Waals surface area contributed by atoms with Crippen LogP contribution in [0, 0.1) is 11.6 Å². The fourth-order valence-corrected chi connectivity index (χ4v) is 3.07. The molecule has 0 unspecified atom stereocenters. The molecule has 24 heavy (non-hydrogen) atoms. The van der Waals surface area contributed by atoms with E-state index in [-0.39, 0.29) is 12.7 Å². The molecule has 2 aromatic rings. The zero-order chi connectivity index (χ0) is 16.9. The lowest BCUT2D eigenvalue weighted by molar-refractivity contribution is -0.115. The molecule has 0 saturated heterocycles. The van der Waals surface area contributed by atoms with Crippen LogP contribution in [0.25, 0.3) is 0 Å². The number of thioether (sulfide) groups is 1. The molecule has 1 aliphatic rings. The minimum Gasteiger partial charge on any atom is -0.454 e. The molecule has 7 heteroatoms. The Labute approximate surface area is 142 Å². The van der Waals surface area contributed by atoms with Crippen molar-refractivity contribution in [3.05, 3.63) is 53.6 Å². The summed E-state index contributed by atoms with van der Waals surface area (Å²) in [6.07, 6.45) is 0.322. The number of halogens is 2. The van der Waals surface area contributed by atoms with Crippen LogP contribution in [-0.2, 0) is 10.5 Å². The first kappa shape index (κ1) is 16.6. The molecule has 126 valence electrons. The number of fused-ring (bicyclic) bond motifs is 1. The number of carbonyl (C=O) groups excluding carboxylic acids is 1. The molecule has 4 nitrogen and oxygen atoms in total. The average Bonchev–Trinajstić information content (AvgIpc) is 3.02. The third-order valence-corrected chi connectivity index (χ3v) is 4.41. The molecule has 0 spiro atoms. The maximum atomic E-state index is 13.1. The van der Waals surface area contributed by atoms with Crippen LogP contribution in [0.1, 0.15) is 12.0 Å². The molecule has 3 rings (SSSR count). The summed E-state index contributed by atoms with van der Waals surface area (Å²) in [5.41, 5.74) is 1.34. The van der Waals surface area contributed by atoms with Crippen LogP contribution in [0.4, 0.5) is 14.5 Å². The van der Waals surface area contributed by atoms with Gasteiger partial charge in [0.1, 0.15) is 0 Å². The Balaban J connectivity index is 1.42. The van der Waals surface area contributed by atoms with Gasteiger partial charge in [-0.05, 0) is 29.8 Å². The summed E-state index contributed by atoms with van der Waals surface area (Å²) in [6, 6.07) is 9.04. The topological polar surface area (TPSA) is 47.6 Å². The van der Waals surface area contributed by atoms with Crippen LogP contribution >= 0.6 is 11.8 Å². The number of ether oxygens (including phenoxy) is 2. The van der Waals surface area contributed by atoms with Gasteiger partial charge in [0.15, 0.2) is 23.1 Å².